The Balaban J connectivity index is 1.54. The highest BCUT2D eigenvalue weighted by molar-refractivity contribution is 5.04. The zero-order valence-corrected chi connectivity index (χ0v) is 10.0. The Morgan fingerprint density at radius 1 is 0.667 bits per heavy atom. The Kier molecular flexibility index (Phi) is 2.53. The summed E-state index contributed by atoms with van der Waals surface area (Å²) in [5.41, 5.74) is 0. The molecule has 4 rings (SSSR count). The molecule has 0 N–H and O–H groups in total. The summed E-state index contributed by atoms with van der Waals surface area (Å²) in [6.07, 6.45) is 3.30. The number of ether oxygens (including phenoxy) is 3. The first-order chi connectivity index (χ1) is 8.85. The minimum atomic E-state index is 0.308. The van der Waals surface area contributed by atoms with Crippen LogP contribution in [0.15, 0.2) is 0 Å². The van der Waals surface area contributed by atoms with Gasteiger partial charge in [0.05, 0.1) is 38.1 Å². The van der Waals surface area contributed by atoms with Gasteiger partial charge in [0.1, 0.15) is 17.5 Å². The molecule has 1 aromatic rings. The van der Waals surface area contributed by atoms with Gasteiger partial charge in [-0.3, -0.25) is 0 Å². The van der Waals surface area contributed by atoms with E-state index in [4.69, 9.17) is 14.2 Å². The van der Waals surface area contributed by atoms with Crippen molar-refractivity contribution in [1.82, 2.24) is 15.0 Å². The van der Waals surface area contributed by atoms with Gasteiger partial charge in [-0.2, -0.15) is 0 Å². The minimum absolute atomic E-state index is 0.308. The zero-order valence-electron chi connectivity index (χ0n) is 10.0. The summed E-state index contributed by atoms with van der Waals surface area (Å²) >= 11 is 0. The minimum Gasteiger partial charge on any atom is -0.373 e. The summed E-state index contributed by atoms with van der Waals surface area (Å²) in [5.74, 6) is 2.54. The second kappa shape index (κ2) is 4.22. The fourth-order valence-corrected chi connectivity index (χ4v) is 1.96. The van der Waals surface area contributed by atoms with E-state index in [0.717, 1.165) is 56.6 Å². The summed E-state index contributed by atoms with van der Waals surface area (Å²) in [6.45, 7) is 2.48. The monoisotopic (exact) mass is 249 g/mol. The van der Waals surface area contributed by atoms with Gasteiger partial charge in [0.15, 0.2) is 0 Å². The van der Waals surface area contributed by atoms with Crippen LogP contribution in [0.4, 0.5) is 0 Å². The summed E-state index contributed by atoms with van der Waals surface area (Å²) < 4.78 is 15.7. The van der Waals surface area contributed by atoms with Crippen LogP contribution in [0.25, 0.3) is 0 Å². The highest BCUT2D eigenvalue weighted by Gasteiger charge is 2.29. The van der Waals surface area contributed by atoms with Gasteiger partial charge < -0.3 is 14.2 Å². The van der Waals surface area contributed by atoms with Crippen molar-refractivity contribution in [3.05, 3.63) is 17.5 Å². The molecule has 1 aromatic heterocycles. The maximum atomic E-state index is 5.23. The lowest BCUT2D eigenvalue weighted by molar-refractivity contribution is 0.394. The van der Waals surface area contributed by atoms with E-state index >= 15 is 0 Å². The first-order valence-electron chi connectivity index (χ1n) is 6.42. The quantitative estimate of drug-likeness (QED) is 0.644. The van der Waals surface area contributed by atoms with Crippen molar-refractivity contribution < 1.29 is 14.2 Å². The number of rotatable bonds is 6. The van der Waals surface area contributed by atoms with Crippen molar-refractivity contribution in [1.29, 1.82) is 0 Å². The van der Waals surface area contributed by atoms with Crippen molar-refractivity contribution in [2.45, 2.75) is 37.6 Å². The van der Waals surface area contributed by atoms with Crippen LogP contribution < -0.4 is 0 Å². The molecule has 18 heavy (non-hydrogen) atoms. The molecule has 6 heteroatoms. The van der Waals surface area contributed by atoms with E-state index in [2.05, 4.69) is 15.0 Å². The summed E-state index contributed by atoms with van der Waals surface area (Å²) in [7, 11) is 0. The van der Waals surface area contributed by atoms with Crippen molar-refractivity contribution >= 4 is 0 Å². The van der Waals surface area contributed by atoms with Crippen molar-refractivity contribution in [3.8, 4) is 0 Å². The molecule has 3 atom stereocenters. The number of hydrogen-bond acceptors (Lipinski definition) is 6. The molecule has 6 nitrogen and oxygen atoms in total. The van der Waals surface area contributed by atoms with Crippen LogP contribution in [-0.4, -0.2) is 53.1 Å². The molecule has 4 heterocycles. The maximum absolute atomic E-state index is 5.23. The third kappa shape index (κ3) is 2.82. The van der Waals surface area contributed by atoms with Crippen molar-refractivity contribution in [2.24, 2.45) is 0 Å². The first-order valence-corrected chi connectivity index (χ1v) is 6.42. The largest absolute Gasteiger partial charge is 0.373 e. The Labute approximate surface area is 105 Å². The highest BCUT2D eigenvalue weighted by Crippen LogP contribution is 2.18. The second-order valence-corrected chi connectivity index (χ2v) is 5.06. The molecular weight excluding hydrogens is 234 g/mol. The molecule has 3 aliphatic rings. The molecule has 0 bridgehead atoms. The molecule has 3 saturated heterocycles. The van der Waals surface area contributed by atoms with E-state index in [1.807, 2.05) is 0 Å². The van der Waals surface area contributed by atoms with Gasteiger partial charge in [-0.1, -0.05) is 0 Å². The van der Waals surface area contributed by atoms with Crippen LogP contribution in [0.5, 0.6) is 0 Å². The van der Waals surface area contributed by atoms with Gasteiger partial charge in [-0.15, -0.1) is 0 Å². The molecular formula is C12H15N3O3. The lowest BCUT2D eigenvalue weighted by Crippen LogP contribution is -2.13. The van der Waals surface area contributed by atoms with Gasteiger partial charge in [-0.05, 0) is 0 Å². The number of epoxide rings is 3. The lowest BCUT2D eigenvalue weighted by atomic mass is 10.2. The Bertz CT molecular complexity index is 377. The number of nitrogens with zero attached hydrogens (tertiary/aromatic N) is 3. The molecule has 3 aliphatic heterocycles. The van der Waals surface area contributed by atoms with E-state index in [1.54, 1.807) is 0 Å². The summed E-state index contributed by atoms with van der Waals surface area (Å²) in [6, 6.07) is 0. The molecule has 0 radical (unpaired) electrons. The summed E-state index contributed by atoms with van der Waals surface area (Å²) in [4.78, 5) is 13.5. The van der Waals surface area contributed by atoms with Gasteiger partial charge in [0, 0.05) is 19.3 Å². The predicted molar refractivity (Wildman–Crippen MR) is 60.2 cm³/mol. The lowest BCUT2D eigenvalue weighted by Gasteiger charge is -2.04. The van der Waals surface area contributed by atoms with Crippen LogP contribution in [0, 0.1) is 0 Å². The molecule has 0 saturated carbocycles. The third-order valence-corrected chi connectivity index (χ3v) is 3.21. The van der Waals surface area contributed by atoms with Crippen LogP contribution in [-0.2, 0) is 33.5 Å². The molecule has 0 aromatic carbocycles. The van der Waals surface area contributed by atoms with Gasteiger partial charge in [-0.25, -0.2) is 15.0 Å². The normalized spacial score (nSPS) is 32.3. The first kappa shape index (κ1) is 10.8. The summed E-state index contributed by atoms with van der Waals surface area (Å²) in [5, 5.41) is 0. The van der Waals surface area contributed by atoms with Gasteiger partial charge >= 0.3 is 0 Å². The Hall–Kier alpha value is -1.11. The predicted octanol–water partition coefficient (Wildman–Crippen LogP) is -0.305. The number of hydrogen-bond donors (Lipinski definition) is 0. The van der Waals surface area contributed by atoms with Crippen LogP contribution in [0.2, 0.25) is 0 Å². The molecule has 3 unspecified atom stereocenters. The fraction of sp³-hybridized carbons (Fsp3) is 0.750. The number of aromatic nitrogens is 3. The highest BCUT2D eigenvalue weighted by atomic mass is 16.6. The fourth-order valence-electron chi connectivity index (χ4n) is 1.96. The zero-order chi connectivity index (χ0) is 11.9. The SMILES string of the molecule is C1OC1Cc1nc(CC2CO2)nc(CC2CO2)n1. The standard InChI is InChI=1S/C12H15N3O3/c1(7-4-16-7)10-13-11(2-8-5-17-8)15-12(14-10)3-9-6-18-9/h7-9H,1-6H2. The maximum Gasteiger partial charge on any atom is 0.135 e. The molecule has 0 aliphatic carbocycles. The van der Waals surface area contributed by atoms with E-state index in [0.29, 0.717) is 18.3 Å². The van der Waals surface area contributed by atoms with Crippen LogP contribution >= 0.6 is 0 Å². The third-order valence-electron chi connectivity index (χ3n) is 3.21. The van der Waals surface area contributed by atoms with E-state index in [1.165, 1.54) is 0 Å². The average Bonchev–Trinajstić information content (AvgIpc) is 3.17. The van der Waals surface area contributed by atoms with E-state index < -0.39 is 0 Å². The van der Waals surface area contributed by atoms with Crippen LogP contribution in [0.1, 0.15) is 17.5 Å². The van der Waals surface area contributed by atoms with Gasteiger partial charge in [0.25, 0.3) is 0 Å². The van der Waals surface area contributed by atoms with Gasteiger partial charge in [0.2, 0.25) is 0 Å². The molecule has 0 spiro atoms. The topological polar surface area (TPSA) is 76.3 Å². The van der Waals surface area contributed by atoms with E-state index in [9.17, 15) is 0 Å². The van der Waals surface area contributed by atoms with Crippen LogP contribution in [0.3, 0.4) is 0 Å². The van der Waals surface area contributed by atoms with Crippen molar-refractivity contribution in [3.63, 3.8) is 0 Å². The molecule has 0 amide bonds. The second-order valence-electron chi connectivity index (χ2n) is 5.06. The van der Waals surface area contributed by atoms with E-state index in [-0.39, 0.29) is 0 Å². The Morgan fingerprint density at radius 3 is 1.17 bits per heavy atom. The molecule has 96 valence electrons. The smallest absolute Gasteiger partial charge is 0.135 e. The van der Waals surface area contributed by atoms with Crippen molar-refractivity contribution in [2.75, 3.05) is 19.8 Å². The molecule has 3 fully saturated rings. The Morgan fingerprint density at radius 2 is 0.944 bits per heavy atom. The average molecular weight is 249 g/mol.